The van der Waals surface area contributed by atoms with Crippen LogP contribution in [0, 0.1) is 0 Å². The Kier molecular flexibility index (Phi) is 4.30. The van der Waals surface area contributed by atoms with Crippen LogP contribution in [0.4, 0.5) is 0 Å². The van der Waals surface area contributed by atoms with Crippen molar-refractivity contribution in [3.8, 4) is 0 Å². The molecule has 1 aromatic heterocycles. The van der Waals surface area contributed by atoms with E-state index in [0.717, 1.165) is 30.3 Å². The van der Waals surface area contributed by atoms with E-state index in [4.69, 9.17) is 0 Å². The fourth-order valence-electron chi connectivity index (χ4n) is 1.95. The van der Waals surface area contributed by atoms with Crippen LogP contribution >= 0.6 is 0 Å². The van der Waals surface area contributed by atoms with E-state index in [0.29, 0.717) is 6.42 Å². The van der Waals surface area contributed by atoms with Gasteiger partial charge in [0.2, 0.25) is 5.91 Å². The topological polar surface area (TPSA) is 69.8 Å². The molecule has 1 amide bonds. The number of amides is 1. The summed E-state index contributed by atoms with van der Waals surface area (Å²) >= 11 is 0. The third-order valence-electron chi connectivity index (χ3n) is 2.87. The Balaban J connectivity index is 1.77. The van der Waals surface area contributed by atoms with Gasteiger partial charge in [-0.3, -0.25) is 10.2 Å². The molecule has 1 aromatic carbocycles. The zero-order valence-electron chi connectivity index (χ0n) is 10.5. The van der Waals surface area contributed by atoms with Gasteiger partial charge >= 0.3 is 0 Å². The van der Waals surface area contributed by atoms with Gasteiger partial charge in [0.05, 0.1) is 17.4 Å². The molecule has 18 heavy (non-hydrogen) atoms. The number of unbranched alkanes of at least 4 members (excludes halogenated alkanes) is 1. The number of fused-ring (bicyclic) bond motifs is 1. The molecule has 0 bridgehead atoms. The summed E-state index contributed by atoms with van der Waals surface area (Å²) in [6.45, 7) is 0. The SMILES string of the molecule is CNNC(=O)CCCCc1ccc2nc[nH]c2c1. The molecule has 2 aromatic rings. The third kappa shape index (κ3) is 3.30. The molecule has 0 saturated heterocycles. The molecule has 0 atom stereocenters. The van der Waals surface area contributed by atoms with Crippen molar-refractivity contribution < 1.29 is 4.79 Å². The van der Waals surface area contributed by atoms with E-state index < -0.39 is 0 Å². The molecule has 5 heteroatoms. The van der Waals surface area contributed by atoms with Gasteiger partial charge in [-0.1, -0.05) is 6.07 Å². The minimum absolute atomic E-state index is 0.0431. The Morgan fingerprint density at radius 1 is 1.39 bits per heavy atom. The average Bonchev–Trinajstić information content (AvgIpc) is 2.82. The van der Waals surface area contributed by atoms with Crippen LogP contribution in [-0.2, 0) is 11.2 Å². The van der Waals surface area contributed by atoms with Crippen molar-refractivity contribution in [1.29, 1.82) is 0 Å². The summed E-state index contributed by atoms with van der Waals surface area (Å²) in [6.07, 6.45) is 5.16. The number of aromatic nitrogens is 2. The maximum absolute atomic E-state index is 11.2. The van der Waals surface area contributed by atoms with Gasteiger partial charge in [-0.05, 0) is 37.0 Å². The normalized spacial score (nSPS) is 10.7. The zero-order chi connectivity index (χ0) is 12.8. The maximum atomic E-state index is 11.2. The third-order valence-corrected chi connectivity index (χ3v) is 2.87. The van der Waals surface area contributed by atoms with Crippen LogP contribution in [0.25, 0.3) is 11.0 Å². The molecule has 0 aliphatic carbocycles. The quantitative estimate of drug-likeness (QED) is 0.534. The molecule has 2 rings (SSSR count). The van der Waals surface area contributed by atoms with Crippen LogP contribution in [0.3, 0.4) is 0 Å². The van der Waals surface area contributed by atoms with Crippen LogP contribution in [0.2, 0.25) is 0 Å². The minimum atomic E-state index is 0.0431. The van der Waals surface area contributed by atoms with Crippen LogP contribution in [0.5, 0.6) is 0 Å². The lowest BCUT2D eigenvalue weighted by Crippen LogP contribution is -2.33. The molecule has 0 spiro atoms. The zero-order valence-corrected chi connectivity index (χ0v) is 10.5. The molecular formula is C13H18N4O. The summed E-state index contributed by atoms with van der Waals surface area (Å²) < 4.78 is 0. The molecule has 96 valence electrons. The highest BCUT2D eigenvalue weighted by Crippen LogP contribution is 2.13. The number of hydrazine groups is 1. The first-order valence-electron chi connectivity index (χ1n) is 6.17. The summed E-state index contributed by atoms with van der Waals surface area (Å²) in [5, 5.41) is 0. The second-order valence-electron chi connectivity index (χ2n) is 4.26. The summed E-state index contributed by atoms with van der Waals surface area (Å²) in [5.41, 5.74) is 8.54. The van der Waals surface area contributed by atoms with Gasteiger partial charge in [0.1, 0.15) is 0 Å². The number of carbonyl (C=O) groups is 1. The van der Waals surface area contributed by atoms with E-state index in [2.05, 4.69) is 33.0 Å². The maximum Gasteiger partial charge on any atom is 0.234 e. The highest BCUT2D eigenvalue weighted by Gasteiger charge is 2.01. The number of imidazole rings is 1. The molecule has 1 heterocycles. The van der Waals surface area contributed by atoms with E-state index in [-0.39, 0.29) is 5.91 Å². The molecule has 0 aliphatic rings. The lowest BCUT2D eigenvalue weighted by Gasteiger charge is -2.03. The Morgan fingerprint density at radius 2 is 2.28 bits per heavy atom. The van der Waals surface area contributed by atoms with E-state index >= 15 is 0 Å². The monoisotopic (exact) mass is 246 g/mol. The summed E-state index contributed by atoms with van der Waals surface area (Å²) in [7, 11) is 1.69. The number of rotatable bonds is 6. The highest BCUT2D eigenvalue weighted by atomic mass is 16.2. The molecule has 5 nitrogen and oxygen atoms in total. The molecule has 0 saturated carbocycles. The van der Waals surface area contributed by atoms with E-state index in [9.17, 15) is 4.79 Å². The van der Waals surface area contributed by atoms with Gasteiger partial charge in [0.25, 0.3) is 0 Å². The molecule has 0 aliphatic heterocycles. The van der Waals surface area contributed by atoms with Crippen molar-refractivity contribution in [3.63, 3.8) is 0 Å². The number of nitrogens with one attached hydrogen (secondary N) is 3. The Labute approximate surface area is 106 Å². The summed E-state index contributed by atoms with van der Waals surface area (Å²) in [4.78, 5) is 18.5. The predicted octanol–water partition coefficient (Wildman–Crippen LogP) is 1.53. The first-order valence-corrected chi connectivity index (χ1v) is 6.17. The summed E-state index contributed by atoms with van der Waals surface area (Å²) in [6, 6.07) is 6.24. The fraction of sp³-hybridized carbons (Fsp3) is 0.385. The van der Waals surface area contributed by atoms with Crippen LogP contribution < -0.4 is 10.9 Å². The number of nitrogens with zero attached hydrogens (tertiary/aromatic N) is 1. The second-order valence-corrected chi connectivity index (χ2v) is 4.26. The number of benzene rings is 1. The van der Waals surface area contributed by atoms with Crippen molar-refractivity contribution in [3.05, 3.63) is 30.1 Å². The van der Waals surface area contributed by atoms with Crippen molar-refractivity contribution in [1.82, 2.24) is 20.8 Å². The lowest BCUT2D eigenvalue weighted by molar-refractivity contribution is -0.122. The van der Waals surface area contributed by atoms with Crippen molar-refractivity contribution in [2.45, 2.75) is 25.7 Å². The number of hydrogen-bond acceptors (Lipinski definition) is 3. The van der Waals surface area contributed by atoms with Crippen LogP contribution in [-0.4, -0.2) is 22.9 Å². The van der Waals surface area contributed by atoms with Gasteiger partial charge < -0.3 is 4.98 Å². The second kappa shape index (κ2) is 6.16. The van der Waals surface area contributed by atoms with Gasteiger partial charge in [-0.2, -0.15) is 0 Å². The Hall–Kier alpha value is -1.88. The van der Waals surface area contributed by atoms with Crippen LogP contribution in [0.15, 0.2) is 24.5 Å². The molecule has 0 fully saturated rings. The number of H-pyrrole nitrogens is 1. The Morgan fingerprint density at radius 3 is 3.11 bits per heavy atom. The molecular weight excluding hydrogens is 228 g/mol. The smallest absolute Gasteiger partial charge is 0.234 e. The van der Waals surface area contributed by atoms with Crippen LogP contribution in [0.1, 0.15) is 24.8 Å². The molecule has 0 unspecified atom stereocenters. The van der Waals surface area contributed by atoms with Crippen molar-refractivity contribution >= 4 is 16.9 Å². The fourth-order valence-corrected chi connectivity index (χ4v) is 1.95. The standard InChI is InChI=1S/C13H18N4O/c1-14-17-13(18)5-3-2-4-10-6-7-11-12(8-10)16-9-15-11/h6-9,14H,2-5H2,1H3,(H,15,16)(H,17,18). The lowest BCUT2D eigenvalue weighted by atomic mass is 10.1. The van der Waals surface area contributed by atoms with Gasteiger partial charge in [-0.25, -0.2) is 10.4 Å². The largest absolute Gasteiger partial charge is 0.345 e. The molecule has 3 N–H and O–H groups in total. The van der Waals surface area contributed by atoms with Gasteiger partial charge in [0, 0.05) is 13.5 Å². The Bertz CT molecular complexity index is 520. The van der Waals surface area contributed by atoms with Crippen molar-refractivity contribution in [2.24, 2.45) is 0 Å². The number of aromatic amines is 1. The first-order chi connectivity index (χ1) is 8.79. The number of hydrogen-bond donors (Lipinski definition) is 3. The van der Waals surface area contributed by atoms with E-state index in [1.54, 1.807) is 13.4 Å². The number of carbonyl (C=O) groups excluding carboxylic acids is 1. The van der Waals surface area contributed by atoms with Crippen molar-refractivity contribution in [2.75, 3.05) is 7.05 Å². The van der Waals surface area contributed by atoms with E-state index in [1.807, 2.05) is 6.07 Å². The predicted molar refractivity (Wildman–Crippen MR) is 70.9 cm³/mol. The summed E-state index contributed by atoms with van der Waals surface area (Å²) in [5.74, 6) is 0.0431. The first kappa shape index (κ1) is 12.6. The molecule has 0 radical (unpaired) electrons. The van der Waals surface area contributed by atoms with Gasteiger partial charge in [0.15, 0.2) is 0 Å². The minimum Gasteiger partial charge on any atom is -0.345 e. The number of aryl methyl sites for hydroxylation is 1. The van der Waals surface area contributed by atoms with Gasteiger partial charge in [-0.15, -0.1) is 0 Å². The van der Waals surface area contributed by atoms with E-state index in [1.165, 1.54) is 5.56 Å². The highest BCUT2D eigenvalue weighted by molar-refractivity contribution is 5.75. The average molecular weight is 246 g/mol.